The van der Waals surface area contributed by atoms with E-state index in [1.807, 2.05) is 12.1 Å². The molecule has 116 valence electrons. The van der Waals surface area contributed by atoms with Crippen molar-refractivity contribution >= 4 is 5.69 Å². The summed E-state index contributed by atoms with van der Waals surface area (Å²) in [4.78, 5) is 0. The Hall–Kier alpha value is -2.17. The van der Waals surface area contributed by atoms with E-state index in [1.54, 1.807) is 0 Å². The first kappa shape index (κ1) is 14.8. The summed E-state index contributed by atoms with van der Waals surface area (Å²) in [5, 5.41) is 3.32. The number of aryl methyl sites for hydroxylation is 1. The van der Waals surface area contributed by atoms with Gasteiger partial charge in [-0.1, -0.05) is 18.2 Å². The van der Waals surface area contributed by atoms with Crippen molar-refractivity contribution in [3.05, 3.63) is 59.2 Å². The molecule has 1 N–H and O–H groups in total. The monoisotopic (exact) mass is 307 g/mol. The van der Waals surface area contributed by atoms with Crippen LogP contribution in [0.1, 0.15) is 23.1 Å². The van der Waals surface area contributed by atoms with Crippen molar-refractivity contribution in [3.63, 3.8) is 0 Å². The molecule has 0 bridgehead atoms. The van der Waals surface area contributed by atoms with Gasteiger partial charge in [-0.3, -0.25) is 0 Å². The van der Waals surface area contributed by atoms with Gasteiger partial charge >= 0.3 is 6.18 Å². The molecule has 1 aliphatic rings. The van der Waals surface area contributed by atoms with Crippen LogP contribution in [0, 0.1) is 0 Å². The molecule has 0 saturated carbocycles. The number of ether oxygens (including phenoxy) is 1. The Bertz CT molecular complexity index is 667. The van der Waals surface area contributed by atoms with Crippen LogP contribution >= 0.6 is 0 Å². The van der Waals surface area contributed by atoms with E-state index >= 15 is 0 Å². The van der Waals surface area contributed by atoms with Crippen LogP contribution in [0.25, 0.3) is 0 Å². The summed E-state index contributed by atoms with van der Waals surface area (Å²) in [6, 6.07) is 10.9. The first-order chi connectivity index (χ1) is 10.5. The maximum Gasteiger partial charge on any atom is 0.416 e. The number of halogens is 3. The lowest BCUT2D eigenvalue weighted by molar-refractivity contribution is -0.137. The largest absolute Gasteiger partial charge is 0.489 e. The summed E-state index contributed by atoms with van der Waals surface area (Å²) >= 11 is 0. The lowest BCUT2D eigenvalue weighted by Crippen LogP contribution is -2.12. The third-order valence-electron chi connectivity index (χ3n) is 3.67. The average molecular weight is 307 g/mol. The Kier molecular flexibility index (Phi) is 3.96. The minimum atomic E-state index is -4.35. The number of anilines is 1. The summed E-state index contributed by atoms with van der Waals surface area (Å²) in [7, 11) is 0. The van der Waals surface area contributed by atoms with Crippen molar-refractivity contribution in [1.82, 2.24) is 0 Å². The highest BCUT2D eigenvalue weighted by Crippen LogP contribution is 2.31. The maximum atomic E-state index is 12.7. The second-order valence-corrected chi connectivity index (χ2v) is 5.34. The third kappa shape index (κ3) is 3.35. The second-order valence-electron chi connectivity index (χ2n) is 5.34. The highest BCUT2D eigenvalue weighted by Gasteiger charge is 2.30. The molecule has 2 aromatic rings. The van der Waals surface area contributed by atoms with Gasteiger partial charge in [-0.25, -0.2) is 0 Å². The van der Waals surface area contributed by atoms with Crippen molar-refractivity contribution < 1.29 is 17.9 Å². The van der Waals surface area contributed by atoms with Gasteiger partial charge in [0.25, 0.3) is 0 Å². The number of fused-ring (bicyclic) bond motifs is 1. The predicted molar refractivity (Wildman–Crippen MR) is 79.0 cm³/mol. The van der Waals surface area contributed by atoms with Gasteiger partial charge in [-0.2, -0.15) is 13.2 Å². The summed E-state index contributed by atoms with van der Waals surface area (Å²) in [6.45, 7) is 1.24. The molecule has 0 saturated heterocycles. The molecule has 0 aromatic heterocycles. The summed E-state index contributed by atoms with van der Waals surface area (Å²) in [5.74, 6) is 0.227. The summed E-state index contributed by atoms with van der Waals surface area (Å²) in [5.41, 5.74) is 2.63. The van der Waals surface area contributed by atoms with Crippen molar-refractivity contribution in [2.45, 2.75) is 25.6 Å². The predicted octanol–water partition coefficient (Wildman–Crippen LogP) is 4.64. The van der Waals surface area contributed by atoms with Gasteiger partial charge in [-0.05, 0) is 48.2 Å². The Morgan fingerprint density at radius 1 is 1.09 bits per heavy atom. The Labute approximate surface area is 126 Å². The molecule has 0 fully saturated rings. The number of alkyl halides is 3. The van der Waals surface area contributed by atoms with Crippen LogP contribution in [0.4, 0.5) is 18.9 Å². The van der Waals surface area contributed by atoms with E-state index in [2.05, 4.69) is 11.4 Å². The van der Waals surface area contributed by atoms with Crippen molar-refractivity contribution in [3.8, 4) is 5.75 Å². The van der Waals surface area contributed by atoms with Crippen LogP contribution in [0.15, 0.2) is 42.5 Å². The third-order valence-corrected chi connectivity index (χ3v) is 3.67. The molecule has 5 heteroatoms. The van der Waals surface area contributed by atoms with Gasteiger partial charge in [0.1, 0.15) is 12.4 Å². The van der Waals surface area contributed by atoms with E-state index in [0.29, 0.717) is 0 Å². The number of benzene rings is 2. The Balaban J connectivity index is 1.70. The number of rotatable bonds is 3. The molecule has 2 aromatic carbocycles. The Morgan fingerprint density at radius 2 is 1.95 bits per heavy atom. The van der Waals surface area contributed by atoms with E-state index in [1.165, 1.54) is 17.7 Å². The van der Waals surface area contributed by atoms with Crippen molar-refractivity contribution in [2.75, 3.05) is 11.9 Å². The van der Waals surface area contributed by atoms with Crippen molar-refractivity contribution in [2.24, 2.45) is 0 Å². The first-order valence-electron chi connectivity index (χ1n) is 7.18. The zero-order valence-electron chi connectivity index (χ0n) is 11.9. The van der Waals surface area contributed by atoms with Gasteiger partial charge < -0.3 is 10.1 Å². The smallest absolute Gasteiger partial charge is 0.416 e. The molecule has 1 aliphatic heterocycles. The van der Waals surface area contributed by atoms with Crippen LogP contribution in [-0.2, 0) is 19.2 Å². The lowest BCUT2D eigenvalue weighted by atomic mass is 10.0. The SMILES string of the molecule is FC(F)(F)c1cccc(OCc2ccc3c(c2)CCCN3)c1. The fourth-order valence-corrected chi connectivity index (χ4v) is 2.55. The zero-order chi connectivity index (χ0) is 15.6. The second kappa shape index (κ2) is 5.91. The topological polar surface area (TPSA) is 21.3 Å². The fourth-order valence-electron chi connectivity index (χ4n) is 2.55. The minimum absolute atomic E-state index is 0.227. The average Bonchev–Trinajstić information content (AvgIpc) is 2.52. The standard InChI is InChI=1S/C17H16F3NO/c18-17(19,20)14-4-1-5-15(10-14)22-11-12-6-7-16-13(9-12)3-2-8-21-16/h1,4-7,9-10,21H,2-3,8,11H2. The normalized spacial score (nSPS) is 14.1. The number of hydrogen-bond acceptors (Lipinski definition) is 2. The van der Waals surface area contributed by atoms with E-state index in [0.717, 1.165) is 42.8 Å². The minimum Gasteiger partial charge on any atom is -0.489 e. The quantitative estimate of drug-likeness (QED) is 0.891. The molecular formula is C17H16F3NO. The van der Waals surface area contributed by atoms with Crippen LogP contribution in [0.5, 0.6) is 5.75 Å². The van der Waals surface area contributed by atoms with Gasteiger partial charge in [0.05, 0.1) is 5.56 Å². The molecule has 2 nitrogen and oxygen atoms in total. The van der Waals surface area contributed by atoms with E-state index in [9.17, 15) is 13.2 Å². The van der Waals surface area contributed by atoms with Gasteiger partial charge in [0.2, 0.25) is 0 Å². The van der Waals surface area contributed by atoms with E-state index < -0.39 is 11.7 Å². The molecule has 1 heterocycles. The highest BCUT2D eigenvalue weighted by molar-refractivity contribution is 5.54. The number of hydrogen-bond donors (Lipinski definition) is 1. The molecule has 22 heavy (non-hydrogen) atoms. The molecule has 0 unspecified atom stereocenters. The molecule has 0 atom stereocenters. The van der Waals surface area contributed by atoms with Gasteiger partial charge in [0.15, 0.2) is 0 Å². The highest BCUT2D eigenvalue weighted by atomic mass is 19.4. The molecular weight excluding hydrogens is 291 g/mol. The molecule has 0 aliphatic carbocycles. The molecule has 3 rings (SSSR count). The number of nitrogens with one attached hydrogen (secondary N) is 1. The maximum absolute atomic E-state index is 12.7. The molecule has 0 amide bonds. The van der Waals surface area contributed by atoms with Crippen LogP contribution in [-0.4, -0.2) is 6.54 Å². The van der Waals surface area contributed by atoms with Gasteiger partial charge in [-0.15, -0.1) is 0 Å². The zero-order valence-corrected chi connectivity index (χ0v) is 11.9. The van der Waals surface area contributed by atoms with E-state index in [-0.39, 0.29) is 12.4 Å². The van der Waals surface area contributed by atoms with Crippen molar-refractivity contribution in [1.29, 1.82) is 0 Å². The first-order valence-corrected chi connectivity index (χ1v) is 7.18. The van der Waals surface area contributed by atoms with Crippen LogP contribution < -0.4 is 10.1 Å². The van der Waals surface area contributed by atoms with Crippen LogP contribution in [0.3, 0.4) is 0 Å². The van der Waals surface area contributed by atoms with Crippen LogP contribution in [0.2, 0.25) is 0 Å². The fraction of sp³-hybridized carbons (Fsp3) is 0.294. The van der Waals surface area contributed by atoms with E-state index in [4.69, 9.17) is 4.74 Å². The summed E-state index contributed by atoms with van der Waals surface area (Å²) in [6.07, 6.45) is -2.25. The van der Waals surface area contributed by atoms with Gasteiger partial charge in [0, 0.05) is 12.2 Å². The lowest BCUT2D eigenvalue weighted by Gasteiger charge is -2.18. The Morgan fingerprint density at radius 3 is 2.77 bits per heavy atom. The molecule has 0 radical (unpaired) electrons. The summed E-state index contributed by atoms with van der Waals surface area (Å²) < 4.78 is 43.5. The molecule has 0 spiro atoms.